The molecule has 60 valence electrons. The van der Waals surface area contributed by atoms with Crippen molar-refractivity contribution in [3.63, 3.8) is 0 Å². The fourth-order valence-corrected chi connectivity index (χ4v) is 1.26. The normalized spacial score (nSPS) is 13.0. The summed E-state index contributed by atoms with van der Waals surface area (Å²) in [4.78, 5) is 0. The van der Waals surface area contributed by atoms with E-state index >= 15 is 0 Å². The Balaban J connectivity index is 2.86. The molecule has 0 aliphatic carbocycles. The number of rotatable bonds is 2. The average molecular weight is 216 g/mol. The van der Waals surface area contributed by atoms with E-state index in [-0.39, 0.29) is 12.6 Å². The van der Waals surface area contributed by atoms with Crippen LogP contribution < -0.4 is 5.73 Å². The molecule has 3 N–H and O–H groups in total. The first kappa shape index (κ1) is 8.71. The van der Waals surface area contributed by atoms with Crippen molar-refractivity contribution >= 4 is 15.9 Å². The molecular formula is C8H10BrNO. The van der Waals surface area contributed by atoms with E-state index in [1.54, 1.807) is 0 Å². The van der Waals surface area contributed by atoms with Crippen LogP contribution in [0.1, 0.15) is 11.6 Å². The van der Waals surface area contributed by atoms with Crippen LogP contribution in [0, 0.1) is 0 Å². The molecule has 0 amide bonds. The van der Waals surface area contributed by atoms with Crippen molar-refractivity contribution in [3.8, 4) is 0 Å². The third-order valence-corrected chi connectivity index (χ3v) is 1.97. The fraction of sp³-hybridized carbons (Fsp3) is 0.250. The van der Waals surface area contributed by atoms with E-state index in [9.17, 15) is 0 Å². The number of benzene rings is 1. The zero-order valence-corrected chi connectivity index (χ0v) is 7.58. The van der Waals surface area contributed by atoms with E-state index in [0.29, 0.717) is 0 Å². The van der Waals surface area contributed by atoms with Gasteiger partial charge < -0.3 is 10.8 Å². The van der Waals surface area contributed by atoms with Gasteiger partial charge in [0, 0.05) is 4.47 Å². The molecule has 11 heavy (non-hydrogen) atoms. The van der Waals surface area contributed by atoms with Crippen LogP contribution in [0.3, 0.4) is 0 Å². The number of aliphatic hydroxyl groups is 1. The zero-order chi connectivity index (χ0) is 8.27. The molecule has 0 saturated heterocycles. The average Bonchev–Trinajstić information content (AvgIpc) is 2.03. The maximum Gasteiger partial charge on any atom is 0.0624 e. The van der Waals surface area contributed by atoms with E-state index in [2.05, 4.69) is 15.9 Å². The molecule has 1 rings (SSSR count). The Labute approximate surface area is 74.2 Å². The highest BCUT2D eigenvalue weighted by Crippen LogP contribution is 2.15. The topological polar surface area (TPSA) is 46.2 Å². The Bertz CT molecular complexity index is 239. The minimum Gasteiger partial charge on any atom is -0.394 e. The summed E-state index contributed by atoms with van der Waals surface area (Å²) in [5.41, 5.74) is 6.54. The summed E-state index contributed by atoms with van der Waals surface area (Å²) in [6.45, 7) is -0.0174. The van der Waals surface area contributed by atoms with Crippen molar-refractivity contribution < 1.29 is 5.11 Å². The number of aliphatic hydroxyl groups excluding tert-OH is 1. The lowest BCUT2D eigenvalue weighted by atomic mass is 10.1. The first-order chi connectivity index (χ1) is 5.24. The van der Waals surface area contributed by atoms with Crippen molar-refractivity contribution in [1.82, 2.24) is 0 Å². The van der Waals surface area contributed by atoms with Crippen LogP contribution >= 0.6 is 15.9 Å². The van der Waals surface area contributed by atoms with Crippen molar-refractivity contribution in [2.45, 2.75) is 6.04 Å². The second kappa shape index (κ2) is 3.85. The highest BCUT2D eigenvalue weighted by atomic mass is 79.9. The quantitative estimate of drug-likeness (QED) is 0.785. The molecule has 1 aromatic rings. The molecule has 0 spiro atoms. The molecule has 3 heteroatoms. The monoisotopic (exact) mass is 215 g/mol. The predicted octanol–water partition coefficient (Wildman–Crippen LogP) is 1.44. The molecule has 0 heterocycles. The van der Waals surface area contributed by atoms with Crippen molar-refractivity contribution in [3.05, 3.63) is 34.3 Å². The number of nitrogens with two attached hydrogens (primary N) is 1. The lowest BCUT2D eigenvalue weighted by Crippen LogP contribution is -2.14. The van der Waals surface area contributed by atoms with E-state index in [1.807, 2.05) is 24.3 Å². The summed E-state index contributed by atoms with van der Waals surface area (Å²) < 4.78 is 0.985. The SMILES string of the molecule is NC(CO)c1cccc(Br)c1. The third kappa shape index (κ3) is 2.29. The van der Waals surface area contributed by atoms with Gasteiger partial charge in [-0.3, -0.25) is 0 Å². The van der Waals surface area contributed by atoms with Gasteiger partial charge in [0.15, 0.2) is 0 Å². The van der Waals surface area contributed by atoms with Gasteiger partial charge in [-0.25, -0.2) is 0 Å². The molecule has 0 saturated carbocycles. The Hall–Kier alpha value is -0.380. The van der Waals surface area contributed by atoms with Crippen LogP contribution in [-0.2, 0) is 0 Å². The van der Waals surface area contributed by atoms with Crippen LogP contribution in [-0.4, -0.2) is 11.7 Å². The molecule has 0 radical (unpaired) electrons. The smallest absolute Gasteiger partial charge is 0.0624 e. The molecule has 0 fully saturated rings. The maximum atomic E-state index is 8.74. The first-order valence-corrected chi connectivity index (χ1v) is 4.15. The molecule has 0 aliphatic heterocycles. The molecular weight excluding hydrogens is 206 g/mol. The molecule has 0 bridgehead atoms. The van der Waals surface area contributed by atoms with Gasteiger partial charge in [0.05, 0.1) is 12.6 Å². The van der Waals surface area contributed by atoms with Gasteiger partial charge in [-0.1, -0.05) is 28.1 Å². The van der Waals surface area contributed by atoms with Crippen LogP contribution in [0.2, 0.25) is 0 Å². The summed E-state index contributed by atoms with van der Waals surface area (Å²) in [5, 5.41) is 8.74. The van der Waals surface area contributed by atoms with Crippen molar-refractivity contribution in [2.75, 3.05) is 6.61 Å². The van der Waals surface area contributed by atoms with E-state index < -0.39 is 0 Å². The minimum absolute atomic E-state index is 0.0174. The van der Waals surface area contributed by atoms with Crippen LogP contribution in [0.25, 0.3) is 0 Å². The zero-order valence-electron chi connectivity index (χ0n) is 6.00. The molecule has 1 aromatic carbocycles. The van der Waals surface area contributed by atoms with Crippen LogP contribution in [0.15, 0.2) is 28.7 Å². The van der Waals surface area contributed by atoms with E-state index in [1.165, 1.54) is 0 Å². The third-order valence-electron chi connectivity index (χ3n) is 1.47. The highest BCUT2D eigenvalue weighted by Gasteiger charge is 2.02. The summed E-state index contributed by atoms with van der Waals surface area (Å²) >= 11 is 3.32. The van der Waals surface area contributed by atoms with Gasteiger partial charge in [0.1, 0.15) is 0 Å². The lowest BCUT2D eigenvalue weighted by molar-refractivity contribution is 0.268. The second-order valence-corrected chi connectivity index (χ2v) is 3.26. The van der Waals surface area contributed by atoms with Gasteiger partial charge in [0.25, 0.3) is 0 Å². The van der Waals surface area contributed by atoms with Crippen LogP contribution in [0.5, 0.6) is 0 Å². The van der Waals surface area contributed by atoms with Gasteiger partial charge in [0.2, 0.25) is 0 Å². The van der Waals surface area contributed by atoms with Crippen molar-refractivity contribution in [2.24, 2.45) is 5.73 Å². The minimum atomic E-state index is -0.271. The molecule has 1 atom stereocenters. The molecule has 0 aromatic heterocycles. The summed E-state index contributed by atoms with van der Waals surface area (Å²) in [6.07, 6.45) is 0. The summed E-state index contributed by atoms with van der Waals surface area (Å²) in [5.74, 6) is 0. The van der Waals surface area contributed by atoms with Gasteiger partial charge in [-0.2, -0.15) is 0 Å². The summed E-state index contributed by atoms with van der Waals surface area (Å²) in [7, 11) is 0. The Morgan fingerprint density at radius 2 is 2.27 bits per heavy atom. The van der Waals surface area contributed by atoms with Crippen molar-refractivity contribution in [1.29, 1.82) is 0 Å². The number of hydrogen-bond donors (Lipinski definition) is 2. The number of halogens is 1. The Morgan fingerprint density at radius 1 is 1.55 bits per heavy atom. The largest absolute Gasteiger partial charge is 0.394 e. The molecule has 0 aliphatic rings. The summed E-state index contributed by atoms with van der Waals surface area (Å²) in [6, 6.07) is 7.35. The maximum absolute atomic E-state index is 8.74. The highest BCUT2D eigenvalue weighted by molar-refractivity contribution is 9.10. The van der Waals surface area contributed by atoms with Gasteiger partial charge >= 0.3 is 0 Å². The standard InChI is InChI=1S/C8H10BrNO/c9-7-3-1-2-6(4-7)8(10)5-11/h1-4,8,11H,5,10H2. The lowest BCUT2D eigenvalue weighted by Gasteiger charge is -2.07. The van der Waals surface area contributed by atoms with E-state index in [4.69, 9.17) is 10.8 Å². The van der Waals surface area contributed by atoms with E-state index in [0.717, 1.165) is 10.0 Å². The molecule has 2 nitrogen and oxygen atoms in total. The first-order valence-electron chi connectivity index (χ1n) is 3.36. The Morgan fingerprint density at radius 3 is 2.82 bits per heavy atom. The fourth-order valence-electron chi connectivity index (χ4n) is 0.843. The predicted molar refractivity (Wildman–Crippen MR) is 48.2 cm³/mol. The number of hydrogen-bond acceptors (Lipinski definition) is 2. The van der Waals surface area contributed by atoms with Gasteiger partial charge in [-0.15, -0.1) is 0 Å². The van der Waals surface area contributed by atoms with Gasteiger partial charge in [-0.05, 0) is 17.7 Å². The molecule has 1 unspecified atom stereocenters. The Kier molecular flexibility index (Phi) is 3.05. The van der Waals surface area contributed by atoms with Crippen LogP contribution in [0.4, 0.5) is 0 Å². The second-order valence-electron chi connectivity index (χ2n) is 2.34.